The van der Waals surface area contributed by atoms with Crippen molar-refractivity contribution in [3.63, 3.8) is 0 Å². The first-order valence-corrected chi connectivity index (χ1v) is 10.6. The second-order valence-electron chi connectivity index (χ2n) is 6.25. The molecule has 0 radical (unpaired) electrons. The molecule has 0 spiro atoms. The summed E-state index contributed by atoms with van der Waals surface area (Å²) in [6, 6.07) is 9.99. The molecule has 4 N–H and O–H groups in total. The summed E-state index contributed by atoms with van der Waals surface area (Å²) in [6.45, 7) is 0. The largest absolute Gasteiger partial charge is 0.471 e. The Morgan fingerprint density at radius 1 is 1.03 bits per heavy atom. The molecule has 0 bridgehead atoms. The smallest absolute Gasteiger partial charge is 0.365 e. The van der Waals surface area contributed by atoms with E-state index in [0.29, 0.717) is 13.4 Å². The van der Waals surface area contributed by atoms with E-state index in [1.165, 1.54) is 48.8 Å². The molecule has 1 aromatic heterocycles. The molecule has 0 unspecified atom stereocenters. The molecule has 1 heterocycles. The van der Waals surface area contributed by atoms with Gasteiger partial charge >= 0.3 is 12.1 Å². The fraction of sp³-hybridized carbons (Fsp3) is 0.0500. The van der Waals surface area contributed by atoms with Crippen molar-refractivity contribution in [2.75, 3.05) is 10.6 Å². The second kappa shape index (κ2) is 9.73. The van der Waals surface area contributed by atoms with E-state index in [-0.39, 0.29) is 22.6 Å². The van der Waals surface area contributed by atoms with Gasteiger partial charge in [-0.25, -0.2) is 4.39 Å². The first-order chi connectivity index (χ1) is 15.0. The number of pyridine rings is 1. The molecular formula is C20H13F4IN4O2S. The van der Waals surface area contributed by atoms with Crippen LogP contribution in [0.15, 0.2) is 64.6 Å². The average molecular weight is 576 g/mol. The van der Waals surface area contributed by atoms with Crippen LogP contribution < -0.4 is 16.4 Å². The van der Waals surface area contributed by atoms with Crippen molar-refractivity contribution < 1.29 is 27.2 Å². The van der Waals surface area contributed by atoms with Gasteiger partial charge in [-0.15, -0.1) is 0 Å². The van der Waals surface area contributed by atoms with Crippen LogP contribution in [-0.4, -0.2) is 23.0 Å². The Hall–Kier alpha value is -2.87. The van der Waals surface area contributed by atoms with E-state index in [1.54, 1.807) is 11.4 Å². The van der Waals surface area contributed by atoms with Crippen LogP contribution in [0.25, 0.3) is 0 Å². The Kier molecular flexibility index (Phi) is 7.23. The van der Waals surface area contributed by atoms with Gasteiger partial charge < -0.3 is 16.4 Å². The first kappa shape index (κ1) is 23.8. The molecule has 0 aliphatic heterocycles. The topological polar surface area (TPSA) is 97.1 Å². The molecule has 166 valence electrons. The lowest BCUT2D eigenvalue weighted by molar-refractivity contribution is -0.167. The normalized spacial score (nSPS) is 11.2. The summed E-state index contributed by atoms with van der Waals surface area (Å²) < 4.78 is 52.0. The number of benzene rings is 2. The molecule has 2 amide bonds. The minimum absolute atomic E-state index is 0.0467. The van der Waals surface area contributed by atoms with Crippen molar-refractivity contribution in [3.05, 3.63) is 69.8 Å². The second-order valence-corrected chi connectivity index (χ2v) is 8.61. The van der Waals surface area contributed by atoms with Gasteiger partial charge in [-0.1, -0.05) is 11.8 Å². The van der Waals surface area contributed by atoms with E-state index in [4.69, 9.17) is 5.73 Å². The number of hydrogen-bond donors (Lipinski definition) is 3. The lowest BCUT2D eigenvalue weighted by atomic mass is 10.2. The zero-order chi connectivity index (χ0) is 23.5. The number of aromatic nitrogens is 1. The van der Waals surface area contributed by atoms with Crippen LogP contribution in [0.5, 0.6) is 0 Å². The SMILES string of the molecule is NC(=O)c1c(Nc2ccc(I)cc2F)cncc1Sc1ccc(NC(=O)C(F)(F)F)cc1. The summed E-state index contributed by atoms with van der Waals surface area (Å²) in [4.78, 5) is 28.1. The number of halogens is 5. The molecule has 0 atom stereocenters. The van der Waals surface area contributed by atoms with Crippen molar-refractivity contribution in [2.24, 2.45) is 5.73 Å². The average Bonchev–Trinajstić information content (AvgIpc) is 2.70. The molecule has 12 heteroatoms. The van der Waals surface area contributed by atoms with Crippen LogP contribution in [-0.2, 0) is 4.79 Å². The number of primary amides is 1. The van der Waals surface area contributed by atoms with Crippen LogP contribution >= 0.6 is 34.4 Å². The molecule has 0 aliphatic rings. The van der Waals surface area contributed by atoms with Gasteiger partial charge in [-0.3, -0.25) is 14.6 Å². The highest BCUT2D eigenvalue weighted by atomic mass is 127. The number of rotatable bonds is 6. The number of nitrogens with one attached hydrogen (secondary N) is 2. The van der Waals surface area contributed by atoms with Gasteiger partial charge in [0, 0.05) is 25.2 Å². The van der Waals surface area contributed by atoms with Gasteiger partial charge in [-0.2, -0.15) is 13.2 Å². The number of alkyl halides is 3. The third kappa shape index (κ3) is 5.88. The van der Waals surface area contributed by atoms with E-state index >= 15 is 0 Å². The standard InChI is InChI=1S/C20H13F4IN4O2S/c21-13-7-10(25)1-6-14(13)29-15-8-27-9-16(17(15)18(26)30)32-12-4-2-11(3-5-12)28-19(31)20(22,23)24/h1-9,29H,(H2,26,30)(H,28,31). The van der Waals surface area contributed by atoms with Gasteiger partial charge in [0.1, 0.15) is 5.82 Å². The number of nitrogens with two attached hydrogens (primary N) is 1. The highest BCUT2D eigenvalue weighted by Gasteiger charge is 2.38. The molecule has 32 heavy (non-hydrogen) atoms. The summed E-state index contributed by atoms with van der Waals surface area (Å²) in [5, 5.41) is 4.55. The summed E-state index contributed by atoms with van der Waals surface area (Å²) in [6.07, 6.45) is -2.28. The van der Waals surface area contributed by atoms with Crippen LogP contribution in [0.2, 0.25) is 0 Å². The monoisotopic (exact) mass is 576 g/mol. The maximum absolute atomic E-state index is 14.2. The molecule has 3 rings (SSSR count). The molecule has 0 fully saturated rings. The summed E-state index contributed by atoms with van der Waals surface area (Å²) in [5.74, 6) is -3.39. The number of anilines is 3. The van der Waals surface area contributed by atoms with Gasteiger partial charge in [-0.05, 0) is 65.1 Å². The Morgan fingerprint density at radius 2 is 1.72 bits per heavy atom. The van der Waals surface area contributed by atoms with Gasteiger partial charge in [0.15, 0.2) is 0 Å². The van der Waals surface area contributed by atoms with Crippen molar-refractivity contribution in [2.45, 2.75) is 16.0 Å². The third-order valence-electron chi connectivity index (χ3n) is 3.96. The molecule has 3 aromatic rings. The fourth-order valence-electron chi connectivity index (χ4n) is 2.54. The molecule has 2 aromatic carbocycles. The Labute approximate surface area is 197 Å². The Morgan fingerprint density at radius 3 is 2.31 bits per heavy atom. The van der Waals surface area contributed by atoms with Crippen LogP contribution in [0.1, 0.15) is 10.4 Å². The summed E-state index contributed by atoms with van der Waals surface area (Å²) in [5.41, 5.74) is 5.87. The zero-order valence-corrected chi connectivity index (χ0v) is 18.8. The maximum atomic E-state index is 14.2. The predicted octanol–water partition coefficient (Wildman–Crippen LogP) is 5.32. The zero-order valence-electron chi connectivity index (χ0n) is 15.8. The van der Waals surface area contributed by atoms with Crippen molar-refractivity contribution in [1.82, 2.24) is 4.98 Å². The van der Waals surface area contributed by atoms with Crippen molar-refractivity contribution in [3.8, 4) is 0 Å². The molecule has 0 saturated carbocycles. The number of carbonyl (C=O) groups excluding carboxylic acids is 2. The van der Waals surface area contributed by atoms with Gasteiger partial charge in [0.25, 0.3) is 5.91 Å². The highest BCUT2D eigenvalue weighted by molar-refractivity contribution is 14.1. The quantitative estimate of drug-likeness (QED) is 0.273. The fourth-order valence-corrected chi connectivity index (χ4v) is 3.94. The number of hydrogen-bond acceptors (Lipinski definition) is 5. The third-order valence-corrected chi connectivity index (χ3v) is 5.66. The highest BCUT2D eigenvalue weighted by Crippen LogP contribution is 2.35. The summed E-state index contributed by atoms with van der Waals surface area (Å²) >= 11 is 3.04. The van der Waals surface area contributed by atoms with E-state index in [9.17, 15) is 27.2 Å². The number of amides is 2. The van der Waals surface area contributed by atoms with E-state index in [0.717, 1.165) is 11.8 Å². The van der Waals surface area contributed by atoms with E-state index in [1.807, 2.05) is 22.6 Å². The molecule has 6 nitrogen and oxygen atoms in total. The van der Waals surface area contributed by atoms with E-state index in [2.05, 4.69) is 10.3 Å². The lowest BCUT2D eigenvalue weighted by Gasteiger charge is -2.14. The first-order valence-electron chi connectivity index (χ1n) is 8.70. The lowest BCUT2D eigenvalue weighted by Crippen LogP contribution is -2.29. The number of carbonyl (C=O) groups is 2. The Bertz CT molecular complexity index is 1170. The predicted molar refractivity (Wildman–Crippen MR) is 120 cm³/mol. The van der Waals surface area contributed by atoms with Crippen molar-refractivity contribution >= 4 is 63.2 Å². The van der Waals surface area contributed by atoms with Crippen LogP contribution in [0.4, 0.5) is 34.6 Å². The minimum atomic E-state index is -5.00. The van der Waals surface area contributed by atoms with Crippen LogP contribution in [0, 0.1) is 9.39 Å². The van der Waals surface area contributed by atoms with Gasteiger partial charge in [0.05, 0.1) is 23.1 Å². The minimum Gasteiger partial charge on any atom is -0.365 e. The van der Waals surface area contributed by atoms with Crippen molar-refractivity contribution in [1.29, 1.82) is 0 Å². The molecule has 0 aliphatic carbocycles. The van der Waals surface area contributed by atoms with E-state index < -0.39 is 23.8 Å². The summed E-state index contributed by atoms with van der Waals surface area (Å²) in [7, 11) is 0. The molecule has 0 saturated heterocycles. The molecular weight excluding hydrogens is 563 g/mol. The Balaban J connectivity index is 1.84. The van der Waals surface area contributed by atoms with Crippen LogP contribution in [0.3, 0.4) is 0 Å². The number of nitrogens with zero attached hydrogens (tertiary/aromatic N) is 1. The maximum Gasteiger partial charge on any atom is 0.471 e. The van der Waals surface area contributed by atoms with Gasteiger partial charge in [0.2, 0.25) is 0 Å².